The Morgan fingerprint density at radius 1 is 0.848 bits per heavy atom. The predicted octanol–water partition coefficient (Wildman–Crippen LogP) is 4.01. The van der Waals surface area contributed by atoms with Crippen molar-refractivity contribution in [3.63, 3.8) is 0 Å². The molecule has 8 heteroatoms. The Bertz CT molecular complexity index is 1150. The van der Waals surface area contributed by atoms with Gasteiger partial charge in [-0.15, -0.1) is 0 Å². The summed E-state index contributed by atoms with van der Waals surface area (Å²) in [5, 5.41) is 0. The second-order valence-corrected chi connectivity index (χ2v) is 8.15. The molecule has 2 N–H and O–H groups in total. The summed E-state index contributed by atoms with van der Waals surface area (Å²) >= 11 is 0. The zero-order chi connectivity index (χ0) is 22.5. The Kier molecular flexibility index (Phi) is 6.14. The minimum atomic E-state index is 0.369. The number of fused-ring (bicyclic) bond motifs is 2. The van der Waals surface area contributed by atoms with Gasteiger partial charge in [-0.05, 0) is 31.2 Å². The molecular formula is C25H28N6O2. The molecule has 8 nitrogen and oxygen atoms in total. The smallest absolute Gasteiger partial charge is 0.142 e. The van der Waals surface area contributed by atoms with Crippen LogP contribution in [0, 0.1) is 0 Å². The van der Waals surface area contributed by atoms with Crippen molar-refractivity contribution in [2.24, 2.45) is 0 Å². The Balaban J connectivity index is 0.000000139. The molecule has 2 aromatic carbocycles. The lowest BCUT2D eigenvalue weighted by atomic mass is 10.1. The second kappa shape index (κ2) is 9.68. The number of imidazole rings is 2. The minimum absolute atomic E-state index is 0.369. The lowest BCUT2D eigenvalue weighted by Gasteiger charge is -2.36. The number of nitrogens with one attached hydrogen (secondary N) is 2. The standard InChI is InChI=1S/C13H15N3O.C12H13N3O/c1-10-8-17-13-5-3-2-4-12(13)16(10)7-11-6-14-9-15-11;1-2-4-12-11(3-1)15(5-6-16-12)8-10-7-13-9-14-10/h2-6,9-10H,7-8H2,1H3,(H,14,15);1-4,7,9H,5-6,8H2,(H,13,14). The van der Waals surface area contributed by atoms with Gasteiger partial charge in [-0.1, -0.05) is 24.3 Å². The number of aromatic amines is 2. The molecule has 4 heterocycles. The van der Waals surface area contributed by atoms with Gasteiger partial charge in [0.1, 0.15) is 24.7 Å². The highest BCUT2D eigenvalue weighted by Gasteiger charge is 2.24. The molecule has 4 aromatic rings. The van der Waals surface area contributed by atoms with Crippen LogP contribution in [-0.4, -0.2) is 45.7 Å². The van der Waals surface area contributed by atoms with E-state index in [1.165, 1.54) is 0 Å². The first-order valence-corrected chi connectivity index (χ1v) is 11.2. The number of rotatable bonds is 4. The van der Waals surface area contributed by atoms with Gasteiger partial charge in [0.2, 0.25) is 0 Å². The zero-order valence-electron chi connectivity index (χ0n) is 18.6. The van der Waals surface area contributed by atoms with Gasteiger partial charge in [-0.2, -0.15) is 0 Å². The molecule has 0 radical (unpaired) electrons. The Morgan fingerprint density at radius 3 is 2.18 bits per heavy atom. The Morgan fingerprint density at radius 2 is 1.48 bits per heavy atom. The van der Waals surface area contributed by atoms with Gasteiger partial charge in [-0.25, -0.2) is 9.97 Å². The molecule has 0 bridgehead atoms. The number of hydrogen-bond acceptors (Lipinski definition) is 6. The fourth-order valence-corrected chi connectivity index (χ4v) is 4.12. The van der Waals surface area contributed by atoms with Crippen molar-refractivity contribution in [3.8, 4) is 11.5 Å². The van der Waals surface area contributed by atoms with Crippen molar-refractivity contribution in [1.29, 1.82) is 0 Å². The number of ether oxygens (including phenoxy) is 2. The van der Waals surface area contributed by atoms with E-state index in [0.717, 1.165) is 67.1 Å². The van der Waals surface area contributed by atoms with Gasteiger partial charge < -0.3 is 29.2 Å². The van der Waals surface area contributed by atoms with Crippen molar-refractivity contribution < 1.29 is 9.47 Å². The van der Waals surface area contributed by atoms with Crippen LogP contribution in [0.25, 0.3) is 0 Å². The molecule has 0 saturated heterocycles. The molecule has 1 unspecified atom stereocenters. The number of hydrogen-bond donors (Lipinski definition) is 2. The monoisotopic (exact) mass is 444 g/mol. The maximum atomic E-state index is 5.72. The highest BCUT2D eigenvalue weighted by molar-refractivity contribution is 5.61. The van der Waals surface area contributed by atoms with Crippen molar-refractivity contribution in [2.75, 3.05) is 29.6 Å². The van der Waals surface area contributed by atoms with Crippen LogP contribution in [0.15, 0.2) is 73.6 Å². The molecule has 33 heavy (non-hydrogen) atoms. The van der Waals surface area contributed by atoms with E-state index in [1.807, 2.05) is 48.8 Å². The first-order chi connectivity index (χ1) is 16.3. The normalized spacial score (nSPS) is 16.6. The van der Waals surface area contributed by atoms with E-state index >= 15 is 0 Å². The van der Waals surface area contributed by atoms with Crippen molar-refractivity contribution in [2.45, 2.75) is 26.1 Å². The molecule has 2 aromatic heterocycles. The minimum Gasteiger partial charge on any atom is -0.490 e. The maximum Gasteiger partial charge on any atom is 0.142 e. The van der Waals surface area contributed by atoms with Crippen LogP contribution in [0.5, 0.6) is 11.5 Å². The summed E-state index contributed by atoms with van der Waals surface area (Å²) in [5.74, 6) is 1.93. The summed E-state index contributed by atoms with van der Waals surface area (Å²) < 4.78 is 11.3. The maximum absolute atomic E-state index is 5.72. The van der Waals surface area contributed by atoms with Crippen molar-refractivity contribution in [1.82, 2.24) is 19.9 Å². The van der Waals surface area contributed by atoms with Crippen LogP contribution in [0.2, 0.25) is 0 Å². The quantitative estimate of drug-likeness (QED) is 0.495. The molecule has 2 aliphatic heterocycles. The number of anilines is 2. The number of H-pyrrole nitrogens is 2. The van der Waals surface area contributed by atoms with Crippen LogP contribution in [0.3, 0.4) is 0 Å². The molecule has 0 fully saturated rings. The fourth-order valence-electron chi connectivity index (χ4n) is 4.12. The molecular weight excluding hydrogens is 416 g/mol. The van der Waals surface area contributed by atoms with Gasteiger partial charge in [0.15, 0.2) is 0 Å². The lowest BCUT2D eigenvalue weighted by molar-refractivity contribution is 0.269. The lowest BCUT2D eigenvalue weighted by Crippen LogP contribution is -2.40. The van der Waals surface area contributed by atoms with Gasteiger partial charge in [0, 0.05) is 12.4 Å². The van der Waals surface area contributed by atoms with Crippen molar-refractivity contribution in [3.05, 3.63) is 85.0 Å². The largest absolute Gasteiger partial charge is 0.490 e. The SMILES string of the molecule is CC1COc2ccccc2N1Cc1cnc[nH]1.c1ccc2c(c1)OCCN2Cc1cnc[nH]1. The molecule has 170 valence electrons. The third-order valence-electron chi connectivity index (χ3n) is 5.82. The molecule has 6 rings (SSSR count). The number of nitrogens with zero attached hydrogens (tertiary/aromatic N) is 4. The number of aromatic nitrogens is 4. The van der Waals surface area contributed by atoms with Gasteiger partial charge in [-0.3, -0.25) is 0 Å². The molecule has 1 atom stereocenters. The second-order valence-electron chi connectivity index (χ2n) is 8.15. The predicted molar refractivity (Wildman–Crippen MR) is 128 cm³/mol. The average Bonchev–Trinajstić information content (AvgIpc) is 3.56. The molecule has 2 aliphatic rings. The first kappa shape index (κ1) is 20.9. The summed E-state index contributed by atoms with van der Waals surface area (Å²) in [5.41, 5.74) is 4.55. The number of para-hydroxylation sites is 4. The summed E-state index contributed by atoms with van der Waals surface area (Å²) in [6.07, 6.45) is 7.15. The van der Waals surface area contributed by atoms with E-state index in [2.05, 4.69) is 48.8 Å². The van der Waals surface area contributed by atoms with Gasteiger partial charge >= 0.3 is 0 Å². The van der Waals surface area contributed by atoms with Crippen LogP contribution < -0.4 is 19.3 Å². The highest BCUT2D eigenvalue weighted by Crippen LogP contribution is 2.34. The van der Waals surface area contributed by atoms with Crippen LogP contribution in [0.4, 0.5) is 11.4 Å². The Labute approximate surface area is 193 Å². The molecule has 0 spiro atoms. The van der Waals surface area contributed by atoms with E-state index in [0.29, 0.717) is 6.04 Å². The zero-order valence-corrected chi connectivity index (χ0v) is 18.6. The third-order valence-corrected chi connectivity index (χ3v) is 5.82. The fraction of sp³-hybridized carbons (Fsp3) is 0.280. The first-order valence-electron chi connectivity index (χ1n) is 11.2. The highest BCUT2D eigenvalue weighted by atomic mass is 16.5. The molecule has 0 amide bonds. The topological polar surface area (TPSA) is 82.3 Å². The summed E-state index contributed by atoms with van der Waals surface area (Å²) in [6, 6.07) is 16.7. The van der Waals surface area contributed by atoms with Crippen LogP contribution in [0.1, 0.15) is 18.3 Å². The van der Waals surface area contributed by atoms with E-state index in [-0.39, 0.29) is 0 Å². The summed E-state index contributed by atoms with van der Waals surface area (Å²) in [6.45, 7) is 6.24. The van der Waals surface area contributed by atoms with Crippen molar-refractivity contribution >= 4 is 11.4 Å². The Hall–Kier alpha value is -3.94. The average molecular weight is 445 g/mol. The molecule has 0 aliphatic carbocycles. The third kappa shape index (κ3) is 4.79. The van der Waals surface area contributed by atoms with Gasteiger partial charge in [0.05, 0.1) is 61.1 Å². The van der Waals surface area contributed by atoms with Crippen LogP contribution in [-0.2, 0) is 13.1 Å². The molecule has 0 saturated carbocycles. The van der Waals surface area contributed by atoms with E-state index in [9.17, 15) is 0 Å². The van der Waals surface area contributed by atoms with Gasteiger partial charge in [0.25, 0.3) is 0 Å². The number of benzene rings is 2. The van der Waals surface area contributed by atoms with E-state index in [1.54, 1.807) is 12.7 Å². The summed E-state index contributed by atoms with van der Waals surface area (Å²) in [7, 11) is 0. The van der Waals surface area contributed by atoms with E-state index in [4.69, 9.17) is 9.47 Å². The van der Waals surface area contributed by atoms with Crippen LogP contribution >= 0.6 is 0 Å². The summed E-state index contributed by atoms with van der Waals surface area (Å²) in [4.78, 5) is 19.0. The van der Waals surface area contributed by atoms with E-state index < -0.39 is 0 Å².